The first-order valence-corrected chi connectivity index (χ1v) is 11.2. The molecule has 0 saturated carbocycles. The monoisotopic (exact) mass is 454 g/mol. The summed E-state index contributed by atoms with van der Waals surface area (Å²) in [7, 11) is 0. The summed E-state index contributed by atoms with van der Waals surface area (Å²) in [4.78, 5) is 32.8. The molecule has 0 bridgehead atoms. The predicted molar refractivity (Wildman–Crippen MR) is 125 cm³/mol. The van der Waals surface area contributed by atoms with Gasteiger partial charge >= 0.3 is 6.03 Å². The Morgan fingerprint density at radius 1 is 1.19 bits per heavy atom. The van der Waals surface area contributed by atoms with Crippen molar-refractivity contribution in [1.82, 2.24) is 20.1 Å². The number of likely N-dealkylation sites (tertiary alicyclic amines) is 1. The minimum atomic E-state index is -0.0593. The van der Waals surface area contributed by atoms with Gasteiger partial charge < -0.3 is 19.9 Å². The number of carbonyl (C=O) groups excluding carboxylic acids is 2. The van der Waals surface area contributed by atoms with E-state index in [0.29, 0.717) is 36.1 Å². The van der Waals surface area contributed by atoms with Crippen LogP contribution in [0.2, 0.25) is 5.02 Å². The number of nitrogens with zero attached hydrogens (tertiary/aromatic N) is 3. The molecule has 1 aromatic carbocycles. The van der Waals surface area contributed by atoms with Gasteiger partial charge in [0.1, 0.15) is 11.4 Å². The molecule has 0 atom stereocenters. The number of hydrogen-bond donors (Lipinski definition) is 1. The van der Waals surface area contributed by atoms with E-state index in [1.165, 1.54) is 0 Å². The number of rotatable bonds is 6. The van der Waals surface area contributed by atoms with Gasteiger partial charge in [-0.25, -0.2) is 9.78 Å². The fourth-order valence-electron chi connectivity index (χ4n) is 4.08. The van der Waals surface area contributed by atoms with Crippen LogP contribution in [0.5, 0.6) is 5.75 Å². The number of benzene rings is 1. The topological polar surface area (TPSA) is 74.8 Å². The summed E-state index contributed by atoms with van der Waals surface area (Å²) >= 11 is 6.23. The van der Waals surface area contributed by atoms with E-state index in [-0.39, 0.29) is 24.6 Å². The highest BCUT2D eigenvalue weighted by molar-refractivity contribution is 6.32. The van der Waals surface area contributed by atoms with Gasteiger partial charge in [0.05, 0.1) is 0 Å². The highest BCUT2D eigenvalue weighted by atomic mass is 35.5. The molecule has 1 aromatic heterocycles. The van der Waals surface area contributed by atoms with Crippen LogP contribution in [0.4, 0.5) is 4.79 Å². The molecule has 8 heteroatoms. The van der Waals surface area contributed by atoms with Crippen LogP contribution < -0.4 is 10.1 Å². The second-order valence-corrected chi connectivity index (χ2v) is 8.42. The van der Waals surface area contributed by atoms with E-state index < -0.39 is 0 Å². The maximum absolute atomic E-state index is 12.7. The average molecular weight is 455 g/mol. The van der Waals surface area contributed by atoms with Crippen LogP contribution in [-0.4, -0.2) is 65.5 Å². The van der Waals surface area contributed by atoms with Crippen LogP contribution in [-0.2, 0) is 4.79 Å². The Hall–Kier alpha value is -3.06. The summed E-state index contributed by atoms with van der Waals surface area (Å²) in [6, 6.07) is 11.5. The maximum Gasteiger partial charge on any atom is 0.317 e. The molecular weight excluding hydrogens is 428 g/mol. The molecule has 2 saturated heterocycles. The third-order valence-electron chi connectivity index (χ3n) is 5.85. The van der Waals surface area contributed by atoms with Crippen molar-refractivity contribution in [2.45, 2.75) is 25.8 Å². The molecular formula is C24H27ClN4O3. The standard InChI is InChI=1S/C24H27ClN4O3/c1-17-6-9-22(21(27-17)8-7-18-4-2-3-5-20(18)25)32-16-23(30)28-13-10-19(11-14-28)29-15-12-26-24(29)31/h2-9,19H,10-16H2,1H3,(H,26,31)/b8-7+. The second kappa shape index (κ2) is 10.0. The van der Waals surface area contributed by atoms with Gasteiger partial charge in [-0.15, -0.1) is 0 Å². The second-order valence-electron chi connectivity index (χ2n) is 8.02. The van der Waals surface area contributed by atoms with Gasteiger partial charge in [-0.05, 0) is 49.6 Å². The SMILES string of the molecule is Cc1ccc(OCC(=O)N2CCC(N3CCNC3=O)CC2)c(/C=C/c2ccccc2Cl)n1. The molecule has 1 N–H and O–H groups in total. The molecule has 32 heavy (non-hydrogen) atoms. The lowest BCUT2D eigenvalue weighted by Gasteiger charge is -2.36. The molecule has 3 heterocycles. The van der Waals surface area contributed by atoms with Gasteiger partial charge in [-0.3, -0.25) is 4.79 Å². The predicted octanol–water partition coefficient (Wildman–Crippen LogP) is 3.61. The maximum atomic E-state index is 12.7. The summed E-state index contributed by atoms with van der Waals surface area (Å²) in [6.07, 6.45) is 5.31. The zero-order valence-electron chi connectivity index (χ0n) is 18.1. The number of nitrogens with one attached hydrogen (secondary N) is 1. The van der Waals surface area contributed by atoms with Crippen LogP contribution in [0.15, 0.2) is 36.4 Å². The van der Waals surface area contributed by atoms with E-state index in [2.05, 4.69) is 10.3 Å². The number of pyridine rings is 1. The van der Waals surface area contributed by atoms with Gasteiger partial charge in [-0.1, -0.05) is 35.9 Å². The zero-order valence-corrected chi connectivity index (χ0v) is 18.8. The van der Waals surface area contributed by atoms with Crippen molar-refractivity contribution in [3.8, 4) is 5.75 Å². The van der Waals surface area contributed by atoms with Crippen LogP contribution in [0.25, 0.3) is 12.2 Å². The quantitative estimate of drug-likeness (QED) is 0.723. The Morgan fingerprint density at radius 2 is 1.97 bits per heavy atom. The Kier molecular flexibility index (Phi) is 6.95. The third-order valence-corrected chi connectivity index (χ3v) is 6.19. The molecule has 2 aliphatic rings. The molecule has 7 nitrogen and oxygen atoms in total. The van der Waals surface area contributed by atoms with E-state index >= 15 is 0 Å². The molecule has 2 fully saturated rings. The van der Waals surface area contributed by atoms with Crippen molar-refractivity contribution < 1.29 is 14.3 Å². The molecule has 0 radical (unpaired) electrons. The first-order valence-electron chi connectivity index (χ1n) is 10.9. The summed E-state index contributed by atoms with van der Waals surface area (Å²) in [5, 5.41) is 3.50. The van der Waals surface area contributed by atoms with Crippen molar-refractivity contribution in [2.75, 3.05) is 32.8 Å². The largest absolute Gasteiger partial charge is 0.482 e. The summed E-state index contributed by atoms with van der Waals surface area (Å²) in [5.74, 6) is 0.492. The lowest BCUT2D eigenvalue weighted by molar-refractivity contribution is -0.134. The fraction of sp³-hybridized carbons (Fsp3) is 0.375. The van der Waals surface area contributed by atoms with Gasteiger partial charge in [0.25, 0.3) is 5.91 Å². The number of aryl methyl sites for hydroxylation is 1. The Balaban J connectivity index is 1.35. The minimum absolute atomic E-state index is 0.00218. The van der Waals surface area contributed by atoms with Crippen molar-refractivity contribution >= 4 is 35.7 Å². The van der Waals surface area contributed by atoms with Crippen LogP contribution in [0.1, 0.15) is 29.8 Å². The molecule has 168 valence electrons. The Labute approximate surface area is 193 Å². The molecule has 3 amide bonds. The first kappa shape index (κ1) is 22.1. The number of halogens is 1. The van der Waals surface area contributed by atoms with E-state index in [1.807, 2.05) is 65.3 Å². The average Bonchev–Trinajstić information content (AvgIpc) is 3.23. The van der Waals surface area contributed by atoms with Gasteiger partial charge in [0.15, 0.2) is 6.61 Å². The fourth-order valence-corrected chi connectivity index (χ4v) is 4.28. The summed E-state index contributed by atoms with van der Waals surface area (Å²) < 4.78 is 5.86. The highest BCUT2D eigenvalue weighted by Crippen LogP contribution is 2.23. The first-order chi connectivity index (χ1) is 15.5. The zero-order chi connectivity index (χ0) is 22.5. The van der Waals surface area contributed by atoms with E-state index in [1.54, 1.807) is 0 Å². The molecule has 4 rings (SSSR count). The lowest BCUT2D eigenvalue weighted by atomic mass is 10.0. The van der Waals surface area contributed by atoms with Crippen LogP contribution in [0.3, 0.4) is 0 Å². The normalized spacial score (nSPS) is 17.1. The number of urea groups is 1. The van der Waals surface area contributed by atoms with E-state index in [4.69, 9.17) is 16.3 Å². The van der Waals surface area contributed by atoms with Gasteiger partial charge in [0.2, 0.25) is 0 Å². The van der Waals surface area contributed by atoms with E-state index in [9.17, 15) is 9.59 Å². The van der Waals surface area contributed by atoms with Crippen molar-refractivity contribution in [2.24, 2.45) is 0 Å². The van der Waals surface area contributed by atoms with Crippen molar-refractivity contribution in [3.63, 3.8) is 0 Å². The molecule has 0 aliphatic carbocycles. The van der Waals surface area contributed by atoms with E-state index in [0.717, 1.165) is 30.6 Å². The van der Waals surface area contributed by atoms with Crippen LogP contribution in [0, 0.1) is 6.92 Å². The molecule has 0 unspecified atom stereocenters. The van der Waals surface area contributed by atoms with Crippen molar-refractivity contribution in [1.29, 1.82) is 0 Å². The van der Waals surface area contributed by atoms with Gasteiger partial charge in [-0.2, -0.15) is 0 Å². The molecule has 2 aliphatic heterocycles. The minimum Gasteiger partial charge on any atom is -0.482 e. The number of ether oxygens (including phenoxy) is 1. The Bertz CT molecular complexity index is 1020. The molecule has 2 aromatic rings. The highest BCUT2D eigenvalue weighted by Gasteiger charge is 2.31. The Morgan fingerprint density at radius 3 is 2.69 bits per heavy atom. The third kappa shape index (κ3) is 5.22. The van der Waals surface area contributed by atoms with Crippen molar-refractivity contribution in [3.05, 3.63) is 58.4 Å². The molecule has 0 spiro atoms. The number of amides is 3. The number of carbonyl (C=O) groups is 2. The number of aromatic nitrogens is 1. The van der Waals surface area contributed by atoms with Gasteiger partial charge in [0, 0.05) is 42.9 Å². The number of hydrogen-bond acceptors (Lipinski definition) is 4. The summed E-state index contributed by atoms with van der Waals surface area (Å²) in [6.45, 7) is 4.55. The summed E-state index contributed by atoms with van der Waals surface area (Å²) in [5.41, 5.74) is 2.39. The smallest absolute Gasteiger partial charge is 0.317 e. The van der Waals surface area contributed by atoms with Crippen LogP contribution >= 0.6 is 11.6 Å². The lowest BCUT2D eigenvalue weighted by Crippen LogP contribution is -2.48. The number of piperidine rings is 1.